The highest BCUT2D eigenvalue weighted by Gasteiger charge is 2.08. The molecule has 0 aromatic carbocycles. The molecule has 0 aliphatic heterocycles. The Morgan fingerprint density at radius 1 is 1.67 bits per heavy atom. The minimum atomic E-state index is 0.589. The van der Waals surface area contributed by atoms with Gasteiger partial charge in [0, 0.05) is 6.54 Å². The van der Waals surface area contributed by atoms with Crippen molar-refractivity contribution in [2.24, 2.45) is 5.92 Å². The van der Waals surface area contributed by atoms with E-state index in [1.54, 1.807) is 13.3 Å². The Hall–Kier alpha value is -0.510. The van der Waals surface area contributed by atoms with Crippen molar-refractivity contribution in [2.45, 2.75) is 20.4 Å². The van der Waals surface area contributed by atoms with Crippen LogP contribution in [-0.4, -0.2) is 16.9 Å². The number of halogens is 1. The van der Waals surface area contributed by atoms with Gasteiger partial charge in [-0.1, -0.05) is 13.8 Å². The summed E-state index contributed by atoms with van der Waals surface area (Å²) in [6, 6.07) is 0. The van der Waals surface area contributed by atoms with Crippen LogP contribution in [0, 0.1) is 5.92 Å². The highest BCUT2D eigenvalue weighted by atomic mass is 79.9. The van der Waals surface area contributed by atoms with Crippen LogP contribution in [0.15, 0.2) is 10.8 Å². The molecule has 0 radical (unpaired) electrons. The molecule has 0 N–H and O–H groups in total. The maximum absolute atomic E-state index is 5.08. The Labute approximate surface area is 80.8 Å². The zero-order valence-corrected chi connectivity index (χ0v) is 9.13. The summed E-state index contributed by atoms with van der Waals surface area (Å²) in [5.74, 6) is 1.38. The second-order valence-corrected chi connectivity index (χ2v) is 3.83. The lowest BCUT2D eigenvalue weighted by atomic mass is 10.2. The predicted octanol–water partition coefficient (Wildman–Crippen LogP) is 2.31. The average Bonchev–Trinajstić information content (AvgIpc) is 2.32. The van der Waals surface area contributed by atoms with E-state index in [9.17, 15) is 0 Å². The molecule has 1 heterocycles. The molecule has 4 heteroatoms. The van der Waals surface area contributed by atoms with Crippen LogP contribution in [0.4, 0.5) is 0 Å². The third kappa shape index (κ3) is 2.00. The van der Waals surface area contributed by atoms with Crippen molar-refractivity contribution >= 4 is 15.9 Å². The molecule has 3 nitrogen and oxygen atoms in total. The van der Waals surface area contributed by atoms with E-state index in [0.717, 1.165) is 16.9 Å². The van der Waals surface area contributed by atoms with Crippen LogP contribution in [0.25, 0.3) is 0 Å². The van der Waals surface area contributed by atoms with Gasteiger partial charge in [0.15, 0.2) is 5.75 Å². The maximum atomic E-state index is 5.08. The molecule has 0 spiro atoms. The van der Waals surface area contributed by atoms with E-state index < -0.39 is 0 Å². The molecule has 0 atom stereocenters. The van der Waals surface area contributed by atoms with E-state index in [1.165, 1.54) is 0 Å². The summed E-state index contributed by atoms with van der Waals surface area (Å²) in [5, 5.41) is 4.17. The number of rotatable bonds is 3. The van der Waals surface area contributed by atoms with Crippen molar-refractivity contribution in [1.29, 1.82) is 0 Å². The summed E-state index contributed by atoms with van der Waals surface area (Å²) in [4.78, 5) is 0. The molecule has 0 unspecified atom stereocenters. The number of hydrogen-bond donors (Lipinski definition) is 0. The summed E-state index contributed by atoms with van der Waals surface area (Å²) >= 11 is 3.42. The summed E-state index contributed by atoms with van der Waals surface area (Å²) in [6.45, 7) is 5.21. The van der Waals surface area contributed by atoms with Gasteiger partial charge < -0.3 is 4.74 Å². The van der Waals surface area contributed by atoms with Gasteiger partial charge in [-0.3, -0.25) is 4.68 Å². The first-order chi connectivity index (χ1) is 5.65. The van der Waals surface area contributed by atoms with Gasteiger partial charge >= 0.3 is 0 Å². The van der Waals surface area contributed by atoms with Gasteiger partial charge in [0.1, 0.15) is 4.60 Å². The standard InChI is InChI=1S/C8H13BrN2O/c1-6(2)5-11-8(9)7(12-3)4-10-11/h4,6H,5H2,1-3H3. The van der Waals surface area contributed by atoms with Crippen molar-refractivity contribution in [2.75, 3.05) is 7.11 Å². The number of methoxy groups -OCH3 is 1. The van der Waals surface area contributed by atoms with Crippen molar-refractivity contribution in [3.8, 4) is 5.75 Å². The first kappa shape index (κ1) is 9.58. The minimum absolute atomic E-state index is 0.589. The lowest BCUT2D eigenvalue weighted by Gasteiger charge is -2.05. The summed E-state index contributed by atoms with van der Waals surface area (Å²) in [5.41, 5.74) is 0. The van der Waals surface area contributed by atoms with Crippen LogP contribution in [0.1, 0.15) is 13.8 Å². The van der Waals surface area contributed by atoms with E-state index >= 15 is 0 Å². The quantitative estimate of drug-likeness (QED) is 0.800. The molecule has 1 aromatic rings. The van der Waals surface area contributed by atoms with Crippen molar-refractivity contribution in [3.05, 3.63) is 10.8 Å². The lowest BCUT2D eigenvalue weighted by Crippen LogP contribution is -2.05. The Morgan fingerprint density at radius 2 is 2.33 bits per heavy atom. The zero-order valence-electron chi connectivity index (χ0n) is 7.54. The largest absolute Gasteiger partial charge is 0.492 e. The summed E-state index contributed by atoms with van der Waals surface area (Å²) in [6.07, 6.45) is 1.71. The summed E-state index contributed by atoms with van der Waals surface area (Å²) in [7, 11) is 1.64. The van der Waals surface area contributed by atoms with Gasteiger partial charge in [0.05, 0.1) is 13.3 Å². The van der Waals surface area contributed by atoms with Gasteiger partial charge in [-0.15, -0.1) is 0 Å². The van der Waals surface area contributed by atoms with Gasteiger partial charge in [-0.25, -0.2) is 0 Å². The normalized spacial score (nSPS) is 10.8. The van der Waals surface area contributed by atoms with Crippen molar-refractivity contribution in [1.82, 2.24) is 9.78 Å². The number of ether oxygens (including phenoxy) is 1. The molecule has 1 rings (SSSR count). The minimum Gasteiger partial charge on any atom is -0.492 e. The van der Waals surface area contributed by atoms with E-state index in [1.807, 2.05) is 4.68 Å². The summed E-state index contributed by atoms with van der Waals surface area (Å²) < 4.78 is 7.88. The van der Waals surface area contributed by atoms with Gasteiger partial charge in [0.25, 0.3) is 0 Å². The molecule has 68 valence electrons. The molecule has 0 aliphatic carbocycles. The molecular formula is C8H13BrN2O. The fourth-order valence-electron chi connectivity index (χ4n) is 0.963. The van der Waals surface area contributed by atoms with Crippen molar-refractivity contribution < 1.29 is 4.74 Å². The van der Waals surface area contributed by atoms with E-state index in [4.69, 9.17) is 4.74 Å². The average molecular weight is 233 g/mol. The fraction of sp³-hybridized carbons (Fsp3) is 0.625. The third-order valence-corrected chi connectivity index (χ3v) is 2.30. The van der Waals surface area contributed by atoms with Crippen LogP contribution in [0.2, 0.25) is 0 Å². The van der Waals surface area contributed by atoms with Gasteiger partial charge in [-0.05, 0) is 21.8 Å². The first-order valence-electron chi connectivity index (χ1n) is 3.90. The first-order valence-corrected chi connectivity index (χ1v) is 4.69. The molecule has 12 heavy (non-hydrogen) atoms. The molecule has 0 fully saturated rings. The number of hydrogen-bond acceptors (Lipinski definition) is 2. The van der Waals surface area contributed by atoms with E-state index in [2.05, 4.69) is 34.9 Å². The molecule has 1 aromatic heterocycles. The van der Waals surface area contributed by atoms with Gasteiger partial charge in [-0.2, -0.15) is 5.10 Å². The van der Waals surface area contributed by atoms with Crippen LogP contribution in [-0.2, 0) is 6.54 Å². The number of nitrogens with zero attached hydrogens (tertiary/aromatic N) is 2. The second-order valence-electron chi connectivity index (χ2n) is 3.08. The molecular weight excluding hydrogens is 220 g/mol. The van der Waals surface area contributed by atoms with Crippen LogP contribution in [0.5, 0.6) is 5.75 Å². The molecule has 0 bridgehead atoms. The number of aromatic nitrogens is 2. The predicted molar refractivity (Wildman–Crippen MR) is 51.3 cm³/mol. The SMILES string of the molecule is COc1cnn(CC(C)C)c1Br. The van der Waals surface area contributed by atoms with Crippen LogP contribution in [0.3, 0.4) is 0 Å². The highest BCUT2D eigenvalue weighted by molar-refractivity contribution is 9.10. The van der Waals surface area contributed by atoms with Crippen LogP contribution < -0.4 is 4.74 Å². The Morgan fingerprint density at radius 3 is 2.75 bits per heavy atom. The molecule has 0 saturated heterocycles. The van der Waals surface area contributed by atoms with E-state index in [-0.39, 0.29) is 0 Å². The fourth-order valence-corrected chi connectivity index (χ4v) is 1.46. The Bertz CT molecular complexity index is 258. The Balaban J connectivity index is 2.80. The third-order valence-electron chi connectivity index (χ3n) is 1.50. The second kappa shape index (κ2) is 3.94. The monoisotopic (exact) mass is 232 g/mol. The lowest BCUT2D eigenvalue weighted by molar-refractivity contribution is 0.407. The molecule has 0 saturated carbocycles. The topological polar surface area (TPSA) is 27.1 Å². The maximum Gasteiger partial charge on any atom is 0.171 e. The van der Waals surface area contributed by atoms with E-state index in [0.29, 0.717) is 5.92 Å². The smallest absolute Gasteiger partial charge is 0.171 e. The molecule has 0 amide bonds. The zero-order chi connectivity index (χ0) is 9.14. The highest BCUT2D eigenvalue weighted by Crippen LogP contribution is 2.24. The van der Waals surface area contributed by atoms with Gasteiger partial charge in [0.2, 0.25) is 0 Å². The van der Waals surface area contributed by atoms with Crippen molar-refractivity contribution in [3.63, 3.8) is 0 Å². The van der Waals surface area contributed by atoms with Crippen LogP contribution >= 0.6 is 15.9 Å². The molecule has 0 aliphatic rings. The Kier molecular flexibility index (Phi) is 3.14.